The topological polar surface area (TPSA) is 95.6 Å². The third-order valence-electron chi connectivity index (χ3n) is 4.72. The molecule has 0 spiro atoms. The number of piperidine rings is 1. The molecule has 0 saturated carbocycles. The fraction of sp³-hybridized carbons (Fsp3) is 0.300. The van der Waals surface area contributed by atoms with E-state index in [9.17, 15) is 22.4 Å². The predicted octanol–water partition coefficient (Wildman–Crippen LogP) is 2.37. The summed E-state index contributed by atoms with van der Waals surface area (Å²) in [6.07, 6.45) is 0.868. The Bertz CT molecular complexity index is 1000. The van der Waals surface area contributed by atoms with Gasteiger partial charge in [-0.25, -0.2) is 12.8 Å². The maximum Gasteiger partial charge on any atom is 0.254 e. The Morgan fingerprint density at radius 1 is 1.03 bits per heavy atom. The molecule has 1 heterocycles. The molecule has 154 valence electrons. The molecule has 7 nitrogen and oxygen atoms in total. The van der Waals surface area contributed by atoms with Crippen LogP contribution in [0.3, 0.4) is 0 Å². The Kier molecular flexibility index (Phi) is 6.29. The first-order valence-corrected chi connectivity index (χ1v) is 10.6. The normalized spacial score (nSPS) is 15.7. The van der Waals surface area contributed by atoms with Gasteiger partial charge in [-0.05, 0) is 49.2 Å². The molecule has 0 aromatic heterocycles. The first-order chi connectivity index (χ1) is 13.8. The van der Waals surface area contributed by atoms with E-state index in [1.54, 1.807) is 6.07 Å². The van der Waals surface area contributed by atoms with Crippen LogP contribution in [-0.4, -0.2) is 43.7 Å². The van der Waals surface area contributed by atoms with Crippen LogP contribution in [0.1, 0.15) is 30.1 Å². The van der Waals surface area contributed by atoms with Gasteiger partial charge in [0.15, 0.2) is 0 Å². The van der Waals surface area contributed by atoms with Gasteiger partial charge in [0.1, 0.15) is 5.82 Å². The van der Waals surface area contributed by atoms with E-state index in [2.05, 4.69) is 10.6 Å². The van der Waals surface area contributed by atoms with E-state index in [1.807, 2.05) is 0 Å². The largest absolute Gasteiger partial charge is 0.349 e. The van der Waals surface area contributed by atoms with Gasteiger partial charge in [0.25, 0.3) is 5.91 Å². The molecule has 1 aliphatic heterocycles. The fourth-order valence-corrected chi connectivity index (χ4v) is 4.68. The molecule has 1 aliphatic rings. The van der Waals surface area contributed by atoms with Gasteiger partial charge < -0.3 is 10.6 Å². The van der Waals surface area contributed by atoms with Gasteiger partial charge in [-0.1, -0.05) is 12.1 Å². The molecule has 9 heteroatoms. The number of hydrogen-bond donors (Lipinski definition) is 2. The van der Waals surface area contributed by atoms with Crippen molar-refractivity contribution in [3.8, 4) is 0 Å². The number of halogens is 1. The molecule has 1 saturated heterocycles. The van der Waals surface area contributed by atoms with E-state index in [-0.39, 0.29) is 35.5 Å². The van der Waals surface area contributed by atoms with Crippen molar-refractivity contribution in [1.29, 1.82) is 0 Å². The van der Waals surface area contributed by atoms with E-state index in [0.717, 1.165) is 0 Å². The van der Waals surface area contributed by atoms with Crippen LogP contribution in [0.25, 0.3) is 0 Å². The summed E-state index contributed by atoms with van der Waals surface area (Å²) >= 11 is 0. The van der Waals surface area contributed by atoms with Gasteiger partial charge in [-0.3, -0.25) is 9.59 Å². The van der Waals surface area contributed by atoms with Crippen molar-refractivity contribution in [1.82, 2.24) is 9.62 Å². The Morgan fingerprint density at radius 2 is 1.66 bits per heavy atom. The molecular formula is C20H22FN3O4S. The van der Waals surface area contributed by atoms with Crippen molar-refractivity contribution in [3.05, 3.63) is 59.9 Å². The van der Waals surface area contributed by atoms with Gasteiger partial charge in [0, 0.05) is 31.7 Å². The number of anilines is 1. The molecule has 1 fully saturated rings. The Morgan fingerprint density at radius 3 is 2.24 bits per heavy atom. The van der Waals surface area contributed by atoms with Crippen LogP contribution in [0.5, 0.6) is 0 Å². The quantitative estimate of drug-likeness (QED) is 0.778. The minimum Gasteiger partial charge on any atom is -0.349 e. The van der Waals surface area contributed by atoms with E-state index in [4.69, 9.17) is 0 Å². The lowest BCUT2D eigenvalue weighted by Gasteiger charge is -2.31. The summed E-state index contributed by atoms with van der Waals surface area (Å²) in [6, 6.07) is 11.5. The summed E-state index contributed by atoms with van der Waals surface area (Å²) in [5, 5.41) is 5.36. The number of nitrogens with one attached hydrogen (secondary N) is 2. The van der Waals surface area contributed by atoms with Crippen LogP contribution in [0.4, 0.5) is 10.1 Å². The van der Waals surface area contributed by atoms with Crippen molar-refractivity contribution < 1.29 is 22.4 Å². The second-order valence-corrected chi connectivity index (χ2v) is 8.78. The van der Waals surface area contributed by atoms with Crippen LogP contribution < -0.4 is 10.6 Å². The number of benzene rings is 2. The molecule has 0 atom stereocenters. The molecule has 29 heavy (non-hydrogen) atoms. The van der Waals surface area contributed by atoms with Crippen LogP contribution in [0.2, 0.25) is 0 Å². The molecule has 0 unspecified atom stereocenters. The van der Waals surface area contributed by atoms with E-state index >= 15 is 0 Å². The van der Waals surface area contributed by atoms with Gasteiger partial charge in [-0.15, -0.1) is 0 Å². The van der Waals surface area contributed by atoms with Crippen molar-refractivity contribution >= 4 is 27.5 Å². The standard InChI is InChI=1S/C20H22FN3O4S/c1-14(25)22-15-6-8-17(9-7-15)29(27,28)24-12-10-16(11-13-24)23-20(26)18-4-2-3-5-19(18)21/h2-9,16H,10-13H2,1H3,(H,22,25)(H,23,26). The highest BCUT2D eigenvalue weighted by atomic mass is 32.2. The van der Waals surface area contributed by atoms with E-state index < -0.39 is 21.7 Å². The summed E-state index contributed by atoms with van der Waals surface area (Å²) in [6.45, 7) is 1.87. The molecule has 2 aromatic rings. The van der Waals surface area contributed by atoms with Crippen LogP contribution in [0.15, 0.2) is 53.4 Å². The second kappa shape index (κ2) is 8.71. The predicted molar refractivity (Wildman–Crippen MR) is 106 cm³/mol. The molecule has 0 radical (unpaired) electrons. The van der Waals surface area contributed by atoms with E-state index in [0.29, 0.717) is 18.5 Å². The Balaban J connectivity index is 1.60. The number of carbonyl (C=O) groups is 2. The Hall–Kier alpha value is -2.78. The average Bonchev–Trinajstić information content (AvgIpc) is 2.68. The summed E-state index contributed by atoms with van der Waals surface area (Å²) < 4.78 is 40.7. The zero-order valence-corrected chi connectivity index (χ0v) is 16.7. The van der Waals surface area contributed by atoms with Crippen LogP contribution >= 0.6 is 0 Å². The van der Waals surface area contributed by atoms with Crippen molar-refractivity contribution in [2.45, 2.75) is 30.7 Å². The number of rotatable bonds is 5. The smallest absolute Gasteiger partial charge is 0.254 e. The third kappa shape index (κ3) is 4.99. The van der Waals surface area contributed by atoms with Gasteiger partial charge in [-0.2, -0.15) is 4.31 Å². The lowest BCUT2D eigenvalue weighted by molar-refractivity contribution is -0.114. The summed E-state index contributed by atoms with van der Waals surface area (Å²) in [4.78, 5) is 23.4. The second-order valence-electron chi connectivity index (χ2n) is 6.84. The molecule has 0 bridgehead atoms. The maximum absolute atomic E-state index is 13.7. The number of carbonyl (C=O) groups excluding carboxylic acids is 2. The summed E-state index contributed by atoms with van der Waals surface area (Å²) in [5.74, 6) is -1.33. The molecule has 2 aromatic carbocycles. The van der Waals surface area contributed by atoms with Crippen molar-refractivity contribution in [2.75, 3.05) is 18.4 Å². The number of nitrogens with zero attached hydrogens (tertiary/aromatic N) is 1. The third-order valence-corrected chi connectivity index (χ3v) is 6.63. The van der Waals surface area contributed by atoms with Crippen LogP contribution in [0, 0.1) is 5.82 Å². The SMILES string of the molecule is CC(=O)Nc1ccc(S(=O)(=O)N2CCC(NC(=O)c3ccccc3F)CC2)cc1. The molecule has 3 rings (SSSR count). The summed E-state index contributed by atoms with van der Waals surface area (Å²) in [7, 11) is -3.67. The Labute approximate surface area is 169 Å². The van der Waals surface area contributed by atoms with Crippen molar-refractivity contribution in [2.24, 2.45) is 0 Å². The summed E-state index contributed by atoms with van der Waals surface area (Å²) in [5.41, 5.74) is 0.493. The molecular weight excluding hydrogens is 397 g/mol. The molecule has 2 amide bonds. The molecule has 0 aliphatic carbocycles. The first-order valence-electron chi connectivity index (χ1n) is 9.20. The average molecular weight is 419 g/mol. The van der Waals surface area contributed by atoms with Gasteiger partial charge in [0.2, 0.25) is 15.9 Å². The number of hydrogen-bond acceptors (Lipinski definition) is 4. The fourth-order valence-electron chi connectivity index (χ4n) is 3.21. The first kappa shape index (κ1) is 20.9. The highest BCUT2D eigenvalue weighted by Crippen LogP contribution is 2.22. The van der Waals surface area contributed by atoms with Crippen molar-refractivity contribution in [3.63, 3.8) is 0 Å². The molecule has 2 N–H and O–H groups in total. The van der Waals surface area contributed by atoms with Gasteiger partial charge >= 0.3 is 0 Å². The lowest BCUT2D eigenvalue weighted by Crippen LogP contribution is -2.46. The van der Waals surface area contributed by atoms with E-state index in [1.165, 1.54) is 53.7 Å². The zero-order chi connectivity index (χ0) is 21.0. The lowest BCUT2D eigenvalue weighted by atomic mass is 10.1. The number of sulfonamides is 1. The highest BCUT2D eigenvalue weighted by Gasteiger charge is 2.30. The monoisotopic (exact) mass is 419 g/mol. The minimum atomic E-state index is -3.67. The minimum absolute atomic E-state index is 0.0261. The number of amides is 2. The van der Waals surface area contributed by atoms with Crippen LogP contribution in [-0.2, 0) is 14.8 Å². The maximum atomic E-state index is 13.7. The highest BCUT2D eigenvalue weighted by molar-refractivity contribution is 7.89. The zero-order valence-electron chi connectivity index (χ0n) is 15.9. The van der Waals surface area contributed by atoms with Gasteiger partial charge in [0.05, 0.1) is 10.5 Å².